The second-order valence-electron chi connectivity index (χ2n) is 2.62. The average molecular weight is 271 g/mol. The van der Waals surface area contributed by atoms with Crippen LogP contribution >= 0.6 is 15.9 Å². The summed E-state index contributed by atoms with van der Waals surface area (Å²) in [4.78, 5) is 0. The Morgan fingerprint density at radius 1 is 1.36 bits per heavy atom. The summed E-state index contributed by atoms with van der Waals surface area (Å²) in [6.45, 7) is 1.48. The van der Waals surface area contributed by atoms with Gasteiger partial charge in [0, 0.05) is 4.47 Å². The Bertz CT molecular complexity index is 349. The highest BCUT2D eigenvalue weighted by Crippen LogP contribution is 2.36. The van der Waals surface area contributed by atoms with Gasteiger partial charge in [0.1, 0.15) is 0 Å². The van der Waals surface area contributed by atoms with E-state index < -0.39 is 17.9 Å². The molecular formula is C8H6BrF3O2. The molecule has 0 aliphatic rings. The van der Waals surface area contributed by atoms with Gasteiger partial charge in [-0.05, 0) is 24.6 Å². The first-order valence-corrected chi connectivity index (χ1v) is 4.34. The molecule has 78 valence electrons. The number of phenolic OH excluding ortho intramolecular Hbond substituents is 1. The molecule has 0 radical (unpaired) electrons. The van der Waals surface area contributed by atoms with Crippen molar-refractivity contribution in [3.05, 3.63) is 22.2 Å². The molecule has 6 heteroatoms. The minimum absolute atomic E-state index is 0.304. The molecule has 0 heterocycles. The number of halogens is 4. The number of rotatable bonds is 1. The van der Waals surface area contributed by atoms with Crippen LogP contribution < -0.4 is 4.74 Å². The van der Waals surface area contributed by atoms with E-state index in [2.05, 4.69) is 20.7 Å². The predicted molar refractivity (Wildman–Crippen MR) is 47.2 cm³/mol. The maximum Gasteiger partial charge on any atom is 0.573 e. The summed E-state index contributed by atoms with van der Waals surface area (Å²) in [6, 6.07) is 2.54. The Kier molecular flexibility index (Phi) is 2.94. The van der Waals surface area contributed by atoms with Gasteiger partial charge in [0.25, 0.3) is 0 Å². The third-order valence-electron chi connectivity index (χ3n) is 1.46. The lowest BCUT2D eigenvalue weighted by Gasteiger charge is -2.11. The molecule has 0 spiro atoms. The monoisotopic (exact) mass is 270 g/mol. The highest BCUT2D eigenvalue weighted by molar-refractivity contribution is 9.10. The topological polar surface area (TPSA) is 29.5 Å². The van der Waals surface area contributed by atoms with Crippen LogP contribution in [0.1, 0.15) is 5.56 Å². The summed E-state index contributed by atoms with van der Waals surface area (Å²) in [6.07, 6.45) is -4.80. The summed E-state index contributed by atoms with van der Waals surface area (Å²) in [7, 11) is 0. The fourth-order valence-corrected chi connectivity index (χ4v) is 1.46. The Balaban J connectivity index is 3.09. The molecule has 0 saturated carbocycles. The second kappa shape index (κ2) is 3.68. The molecule has 0 unspecified atom stereocenters. The number of aromatic hydroxyl groups is 1. The maximum atomic E-state index is 11.8. The minimum Gasteiger partial charge on any atom is -0.504 e. The third kappa shape index (κ3) is 2.80. The molecule has 0 atom stereocenters. The molecule has 0 aromatic heterocycles. The van der Waals surface area contributed by atoms with Gasteiger partial charge in [-0.1, -0.05) is 15.9 Å². The molecule has 2 nitrogen and oxygen atoms in total. The van der Waals surface area contributed by atoms with E-state index in [4.69, 9.17) is 0 Å². The van der Waals surface area contributed by atoms with E-state index in [9.17, 15) is 18.3 Å². The van der Waals surface area contributed by atoms with Gasteiger partial charge in [-0.25, -0.2) is 0 Å². The van der Waals surface area contributed by atoms with Gasteiger partial charge in [0.2, 0.25) is 0 Å². The molecule has 0 fully saturated rings. The summed E-state index contributed by atoms with van der Waals surface area (Å²) in [5.41, 5.74) is 0.304. The number of aryl methyl sites for hydroxylation is 1. The largest absolute Gasteiger partial charge is 0.573 e. The molecular weight excluding hydrogens is 265 g/mol. The van der Waals surface area contributed by atoms with Gasteiger partial charge in [0.15, 0.2) is 11.5 Å². The number of ether oxygens (including phenoxy) is 1. The van der Waals surface area contributed by atoms with Crippen LogP contribution in [-0.2, 0) is 0 Å². The van der Waals surface area contributed by atoms with Crippen molar-refractivity contribution in [2.45, 2.75) is 13.3 Å². The van der Waals surface area contributed by atoms with Gasteiger partial charge in [-0.3, -0.25) is 0 Å². The number of phenols is 1. The SMILES string of the molecule is Cc1cc(Br)cc(OC(F)(F)F)c1O. The highest BCUT2D eigenvalue weighted by atomic mass is 79.9. The van der Waals surface area contributed by atoms with Crippen LogP contribution in [0.2, 0.25) is 0 Å². The summed E-state index contributed by atoms with van der Waals surface area (Å²) in [5.74, 6) is -1.12. The van der Waals surface area contributed by atoms with Crippen LogP contribution in [-0.4, -0.2) is 11.5 Å². The van der Waals surface area contributed by atoms with Crippen LogP contribution in [0.15, 0.2) is 16.6 Å². The van der Waals surface area contributed by atoms with Crippen LogP contribution in [0.3, 0.4) is 0 Å². The molecule has 1 N–H and O–H groups in total. The lowest BCUT2D eigenvalue weighted by atomic mass is 10.2. The van der Waals surface area contributed by atoms with E-state index in [0.717, 1.165) is 6.07 Å². The van der Waals surface area contributed by atoms with E-state index in [1.54, 1.807) is 0 Å². The summed E-state index contributed by atoms with van der Waals surface area (Å²) < 4.78 is 39.5. The Morgan fingerprint density at radius 2 is 1.93 bits per heavy atom. The van der Waals surface area contributed by atoms with Gasteiger partial charge in [0.05, 0.1) is 0 Å². The number of hydrogen-bond donors (Lipinski definition) is 1. The van der Waals surface area contributed by atoms with Crippen molar-refractivity contribution in [1.29, 1.82) is 0 Å². The molecule has 0 aliphatic carbocycles. The van der Waals surface area contributed by atoms with E-state index >= 15 is 0 Å². The third-order valence-corrected chi connectivity index (χ3v) is 1.91. The van der Waals surface area contributed by atoms with Gasteiger partial charge in [-0.15, -0.1) is 13.2 Å². The lowest BCUT2D eigenvalue weighted by Crippen LogP contribution is -2.17. The minimum atomic E-state index is -4.80. The highest BCUT2D eigenvalue weighted by Gasteiger charge is 2.32. The zero-order valence-corrected chi connectivity index (χ0v) is 8.61. The van der Waals surface area contributed by atoms with Crippen molar-refractivity contribution in [3.63, 3.8) is 0 Å². The Labute approximate surface area is 86.4 Å². The number of hydrogen-bond acceptors (Lipinski definition) is 2. The molecule has 1 aromatic carbocycles. The van der Waals surface area contributed by atoms with Crippen LogP contribution in [0, 0.1) is 6.92 Å². The summed E-state index contributed by atoms with van der Waals surface area (Å²) >= 11 is 3.00. The standard InChI is InChI=1S/C8H6BrF3O2/c1-4-2-5(9)3-6(7(4)13)14-8(10,11)12/h2-3,13H,1H3. The van der Waals surface area contributed by atoms with Crippen molar-refractivity contribution in [3.8, 4) is 11.5 Å². The maximum absolute atomic E-state index is 11.8. The molecule has 0 saturated heterocycles. The van der Waals surface area contributed by atoms with E-state index in [0.29, 0.717) is 10.0 Å². The molecule has 0 bridgehead atoms. The Morgan fingerprint density at radius 3 is 2.43 bits per heavy atom. The fourth-order valence-electron chi connectivity index (χ4n) is 0.907. The Hall–Kier alpha value is -0.910. The van der Waals surface area contributed by atoms with Crippen LogP contribution in [0.4, 0.5) is 13.2 Å². The van der Waals surface area contributed by atoms with Gasteiger partial charge >= 0.3 is 6.36 Å². The van der Waals surface area contributed by atoms with Crippen LogP contribution in [0.5, 0.6) is 11.5 Å². The first kappa shape index (κ1) is 11.2. The van der Waals surface area contributed by atoms with Crippen LogP contribution in [0.25, 0.3) is 0 Å². The molecule has 1 rings (SSSR count). The zero-order valence-electron chi connectivity index (χ0n) is 7.02. The second-order valence-corrected chi connectivity index (χ2v) is 3.53. The van der Waals surface area contributed by atoms with Gasteiger partial charge < -0.3 is 9.84 Å². The van der Waals surface area contributed by atoms with E-state index in [-0.39, 0.29) is 0 Å². The van der Waals surface area contributed by atoms with E-state index in [1.807, 2.05) is 0 Å². The number of alkyl halides is 3. The molecule has 1 aromatic rings. The first-order valence-electron chi connectivity index (χ1n) is 3.54. The number of benzene rings is 1. The quantitative estimate of drug-likeness (QED) is 0.848. The fraction of sp³-hybridized carbons (Fsp3) is 0.250. The van der Waals surface area contributed by atoms with Crippen molar-refractivity contribution in [1.82, 2.24) is 0 Å². The van der Waals surface area contributed by atoms with Crippen molar-refractivity contribution in [2.24, 2.45) is 0 Å². The smallest absolute Gasteiger partial charge is 0.504 e. The summed E-state index contributed by atoms with van der Waals surface area (Å²) in [5, 5.41) is 9.24. The predicted octanol–water partition coefficient (Wildman–Crippen LogP) is 3.36. The average Bonchev–Trinajstić information content (AvgIpc) is 1.96. The first-order chi connectivity index (χ1) is 6.29. The van der Waals surface area contributed by atoms with E-state index in [1.165, 1.54) is 13.0 Å². The normalized spacial score (nSPS) is 11.5. The molecule has 0 amide bonds. The lowest BCUT2D eigenvalue weighted by molar-refractivity contribution is -0.275. The van der Waals surface area contributed by atoms with Crippen molar-refractivity contribution in [2.75, 3.05) is 0 Å². The zero-order chi connectivity index (χ0) is 10.9. The van der Waals surface area contributed by atoms with Crippen molar-refractivity contribution >= 4 is 15.9 Å². The molecule has 0 aliphatic heterocycles. The van der Waals surface area contributed by atoms with Crippen molar-refractivity contribution < 1.29 is 23.0 Å². The van der Waals surface area contributed by atoms with Gasteiger partial charge in [-0.2, -0.15) is 0 Å². The molecule has 14 heavy (non-hydrogen) atoms.